The number of anilines is 2. The molecule has 14 heteroatoms. The van der Waals surface area contributed by atoms with Crippen LogP contribution in [-0.4, -0.2) is 79.2 Å². The van der Waals surface area contributed by atoms with Gasteiger partial charge in [0.25, 0.3) is 5.91 Å². The molecule has 2 aromatic carbocycles. The van der Waals surface area contributed by atoms with Crippen molar-refractivity contribution in [3.63, 3.8) is 0 Å². The molecule has 0 aliphatic carbocycles. The third kappa shape index (κ3) is 6.41. The zero-order valence-electron chi connectivity index (χ0n) is 25.5. The zero-order chi connectivity index (χ0) is 31.9. The zero-order valence-corrected chi connectivity index (χ0v) is 26.3. The molecular weight excluding hydrogens is 606 g/mol. The number of H-pyrrole nitrogens is 1. The van der Waals surface area contributed by atoms with Gasteiger partial charge in [0.05, 0.1) is 27.4 Å². The largest absolute Gasteiger partial charge is 0.490 e. The molecule has 6 rings (SSSR count). The topological polar surface area (TPSA) is 129 Å². The van der Waals surface area contributed by atoms with E-state index in [0.29, 0.717) is 47.5 Å². The highest BCUT2D eigenvalue weighted by atomic mass is 32.2. The lowest BCUT2D eigenvalue weighted by Crippen LogP contribution is -2.40. The highest BCUT2D eigenvalue weighted by molar-refractivity contribution is 7.89. The number of sulfonamides is 1. The van der Waals surface area contributed by atoms with Gasteiger partial charge in [-0.2, -0.15) is 9.40 Å². The van der Waals surface area contributed by atoms with Crippen molar-refractivity contribution < 1.29 is 31.5 Å². The monoisotopic (exact) mass is 644 g/mol. The summed E-state index contributed by atoms with van der Waals surface area (Å²) in [4.78, 5) is 15.5. The minimum atomic E-state index is -4.31. The van der Waals surface area contributed by atoms with E-state index in [1.807, 2.05) is 6.07 Å². The van der Waals surface area contributed by atoms with E-state index < -0.39 is 38.0 Å². The lowest BCUT2D eigenvalue weighted by atomic mass is 10.0. The fourth-order valence-electron chi connectivity index (χ4n) is 6.23. The Kier molecular flexibility index (Phi) is 8.59. The first-order chi connectivity index (χ1) is 21.4. The molecule has 3 N–H and O–H groups in total. The van der Waals surface area contributed by atoms with Crippen molar-refractivity contribution in [1.82, 2.24) is 19.4 Å². The Morgan fingerprint density at radius 2 is 1.76 bits per heavy atom. The number of nitrogens with one attached hydrogen (secondary N) is 3. The maximum atomic E-state index is 13.9. The molecule has 0 bridgehead atoms. The molecule has 3 aromatic rings. The molecule has 4 heterocycles. The van der Waals surface area contributed by atoms with Crippen molar-refractivity contribution in [2.45, 2.75) is 68.7 Å². The third-order valence-electron chi connectivity index (χ3n) is 8.85. The molecular formula is C31H38F2N6O5S. The number of benzene rings is 2. The van der Waals surface area contributed by atoms with Gasteiger partial charge in [-0.1, -0.05) is 0 Å². The summed E-state index contributed by atoms with van der Waals surface area (Å²) >= 11 is 0. The summed E-state index contributed by atoms with van der Waals surface area (Å²) in [6.07, 6.45) is 3.52. The van der Waals surface area contributed by atoms with Crippen LogP contribution in [0.1, 0.15) is 61.1 Å². The number of ether oxygens (including phenoxy) is 2. The summed E-state index contributed by atoms with van der Waals surface area (Å²) in [5, 5.41) is 13.5. The van der Waals surface area contributed by atoms with Gasteiger partial charge in [-0.05, 0) is 70.8 Å². The molecule has 242 valence electrons. The number of likely N-dealkylation sites (tertiary alicyclic amines) is 1. The van der Waals surface area contributed by atoms with Crippen LogP contribution in [0.3, 0.4) is 0 Å². The quantitative estimate of drug-likeness (QED) is 0.328. The predicted molar refractivity (Wildman–Crippen MR) is 164 cm³/mol. The van der Waals surface area contributed by atoms with Crippen molar-refractivity contribution in [3.05, 3.63) is 64.9 Å². The van der Waals surface area contributed by atoms with Gasteiger partial charge < -0.3 is 25.0 Å². The van der Waals surface area contributed by atoms with Gasteiger partial charge in [0.1, 0.15) is 23.5 Å². The second-order valence-electron chi connectivity index (χ2n) is 12.4. The lowest BCUT2D eigenvalue weighted by Gasteiger charge is -2.30. The average molecular weight is 645 g/mol. The van der Waals surface area contributed by atoms with Crippen LogP contribution in [0, 0.1) is 11.6 Å². The maximum absolute atomic E-state index is 13.9. The molecule has 1 aromatic heterocycles. The number of hydrogen-bond donors (Lipinski definition) is 3. The maximum Gasteiger partial charge on any atom is 0.258 e. The summed E-state index contributed by atoms with van der Waals surface area (Å²) < 4.78 is 67.9. The number of rotatable bonds is 8. The minimum Gasteiger partial charge on any atom is -0.490 e. The van der Waals surface area contributed by atoms with Crippen molar-refractivity contribution in [2.24, 2.45) is 0 Å². The van der Waals surface area contributed by atoms with Crippen LogP contribution >= 0.6 is 0 Å². The van der Waals surface area contributed by atoms with Crippen LogP contribution in [0.5, 0.6) is 5.75 Å². The Morgan fingerprint density at radius 3 is 2.44 bits per heavy atom. The number of aromatic amines is 1. The van der Waals surface area contributed by atoms with Crippen molar-refractivity contribution in [1.29, 1.82) is 0 Å². The Morgan fingerprint density at radius 1 is 1.07 bits per heavy atom. The molecule has 3 aliphatic heterocycles. The Hall–Kier alpha value is -3.59. The van der Waals surface area contributed by atoms with E-state index in [1.54, 1.807) is 26.0 Å². The number of aromatic nitrogens is 2. The second kappa shape index (κ2) is 12.3. The van der Waals surface area contributed by atoms with E-state index in [4.69, 9.17) is 9.47 Å². The summed E-state index contributed by atoms with van der Waals surface area (Å²) in [6.45, 7) is 6.33. The molecule has 11 nitrogen and oxygen atoms in total. The SMILES string of the molecule is CN1CCC(Oc2ccc(C(=O)Nc3n[nH]c4c3CN(S(=O)(=O)c3cc(F)cc(F)c3)C4(C)C)c(NC3CCOCC3)c2)CC1. The molecule has 0 saturated carbocycles. The smallest absolute Gasteiger partial charge is 0.258 e. The molecule has 2 fully saturated rings. The van der Waals surface area contributed by atoms with Gasteiger partial charge in [-0.15, -0.1) is 0 Å². The minimum absolute atomic E-state index is 0.0925. The van der Waals surface area contributed by atoms with Crippen molar-refractivity contribution >= 4 is 27.4 Å². The summed E-state index contributed by atoms with van der Waals surface area (Å²) in [5.41, 5.74) is 0.798. The van der Waals surface area contributed by atoms with E-state index in [9.17, 15) is 22.0 Å². The van der Waals surface area contributed by atoms with Crippen LogP contribution in [0.25, 0.3) is 0 Å². The Bertz CT molecular complexity index is 1660. The fourth-order valence-corrected chi connectivity index (χ4v) is 8.00. The van der Waals surface area contributed by atoms with Crippen LogP contribution in [-0.2, 0) is 26.8 Å². The highest BCUT2D eigenvalue weighted by Crippen LogP contribution is 2.44. The van der Waals surface area contributed by atoms with Gasteiger partial charge >= 0.3 is 0 Å². The number of fused-ring (bicyclic) bond motifs is 1. The van der Waals surface area contributed by atoms with Gasteiger partial charge in [0, 0.05) is 56.6 Å². The molecule has 0 spiro atoms. The van der Waals surface area contributed by atoms with Crippen molar-refractivity contribution in [3.8, 4) is 5.75 Å². The number of amides is 1. The van der Waals surface area contributed by atoms with Gasteiger partial charge in [-0.3, -0.25) is 9.89 Å². The van der Waals surface area contributed by atoms with Crippen LogP contribution < -0.4 is 15.4 Å². The number of halogens is 2. The number of piperidine rings is 1. The number of carbonyl (C=O) groups is 1. The second-order valence-corrected chi connectivity index (χ2v) is 14.3. The van der Waals surface area contributed by atoms with E-state index in [0.717, 1.165) is 55.2 Å². The summed E-state index contributed by atoms with van der Waals surface area (Å²) in [7, 11) is -2.22. The molecule has 2 saturated heterocycles. The van der Waals surface area contributed by atoms with Crippen LogP contribution in [0.4, 0.5) is 20.3 Å². The number of hydrogen-bond acceptors (Lipinski definition) is 8. The molecule has 45 heavy (non-hydrogen) atoms. The highest BCUT2D eigenvalue weighted by Gasteiger charge is 2.48. The Labute approximate surface area is 261 Å². The van der Waals surface area contributed by atoms with E-state index in [1.165, 1.54) is 0 Å². The van der Waals surface area contributed by atoms with E-state index >= 15 is 0 Å². The van der Waals surface area contributed by atoms with Gasteiger partial charge in [0.15, 0.2) is 5.82 Å². The standard InChI is InChI=1S/C31H38F2N6O5S/c1-31(2)28-26(18-39(31)45(41,42)24-15-19(32)14-20(33)16-24)29(37-36-28)35-30(40)25-5-4-23(44-22-6-10-38(3)11-7-22)17-27(25)34-21-8-12-43-13-9-21/h4-5,14-17,21-22,34H,6-13,18H2,1-3H3,(H2,35,36,37,40). The molecule has 0 atom stereocenters. The third-order valence-corrected chi connectivity index (χ3v) is 10.8. The van der Waals surface area contributed by atoms with E-state index in [-0.39, 0.29) is 24.5 Å². The first-order valence-electron chi connectivity index (χ1n) is 15.1. The molecule has 0 unspecified atom stereocenters. The van der Waals surface area contributed by atoms with Crippen LogP contribution in [0.15, 0.2) is 41.3 Å². The molecule has 3 aliphatic rings. The first-order valence-corrected chi connectivity index (χ1v) is 16.6. The Balaban J connectivity index is 1.25. The normalized spacial score (nSPS) is 19.8. The number of nitrogens with zero attached hydrogens (tertiary/aromatic N) is 3. The summed E-state index contributed by atoms with van der Waals surface area (Å²) in [6, 6.07) is 7.66. The molecule has 0 radical (unpaired) electrons. The average Bonchev–Trinajstić information content (AvgIpc) is 3.52. The fraction of sp³-hybridized carbons (Fsp3) is 0.484. The van der Waals surface area contributed by atoms with E-state index in [2.05, 4.69) is 32.8 Å². The first kappa shape index (κ1) is 31.4. The van der Waals surface area contributed by atoms with Gasteiger partial charge in [-0.25, -0.2) is 17.2 Å². The predicted octanol–water partition coefficient (Wildman–Crippen LogP) is 4.44. The lowest BCUT2D eigenvalue weighted by molar-refractivity contribution is 0.0904. The number of carbonyl (C=O) groups excluding carboxylic acids is 1. The van der Waals surface area contributed by atoms with Gasteiger partial charge in [0.2, 0.25) is 10.0 Å². The van der Waals surface area contributed by atoms with Crippen LogP contribution in [0.2, 0.25) is 0 Å². The van der Waals surface area contributed by atoms with Crippen molar-refractivity contribution in [2.75, 3.05) is 44.0 Å². The summed E-state index contributed by atoms with van der Waals surface area (Å²) in [5.74, 6) is -1.57. The molecule has 1 amide bonds.